The van der Waals surface area contributed by atoms with Crippen LogP contribution in [0, 0.1) is 13.8 Å². The number of aromatic nitrogens is 3. The highest BCUT2D eigenvalue weighted by atomic mass is 32.2. The van der Waals surface area contributed by atoms with E-state index in [1.54, 1.807) is 11.8 Å². The first-order chi connectivity index (χ1) is 9.65. The summed E-state index contributed by atoms with van der Waals surface area (Å²) in [5.74, 6) is 1.79. The summed E-state index contributed by atoms with van der Waals surface area (Å²) in [6, 6.07) is 6.57. The SMILES string of the molecule is CCCn1c(CN)nnc1SCc1cc(C)ccc1C. The van der Waals surface area contributed by atoms with Gasteiger partial charge in [-0.2, -0.15) is 0 Å². The van der Waals surface area contributed by atoms with E-state index in [4.69, 9.17) is 5.73 Å². The molecule has 108 valence electrons. The second kappa shape index (κ2) is 6.90. The number of benzene rings is 1. The molecule has 20 heavy (non-hydrogen) atoms. The molecule has 1 heterocycles. The summed E-state index contributed by atoms with van der Waals surface area (Å²) in [4.78, 5) is 0. The molecule has 0 bridgehead atoms. The van der Waals surface area contributed by atoms with Crippen molar-refractivity contribution in [2.24, 2.45) is 5.73 Å². The van der Waals surface area contributed by atoms with Gasteiger partial charge in [-0.1, -0.05) is 42.4 Å². The first-order valence-corrected chi connectivity index (χ1v) is 7.95. The number of nitrogens with two attached hydrogens (primary N) is 1. The Hall–Kier alpha value is -1.33. The summed E-state index contributed by atoms with van der Waals surface area (Å²) in [5, 5.41) is 9.41. The van der Waals surface area contributed by atoms with Crippen LogP contribution >= 0.6 is 11.8 Å². The molecule has 0 unspecified atom stereocenters. The van der Waals surface area contributed by atoms with Crippen molar-refractivity contribution in [1.82, 2.24) is 14.8 Å². The van der Waals surface area contributed by atoms with Gasteiger partial charge in [-0.3, -0.25) is 0 Å². The van der Waals surface area contributed by atoms with Crippen molar-refractivity contribution >= 4 is 11.8 Å². The van der Waals surface area contributed by atoms with E-state index in [9.17, 15) is 0 Å². The molecule has 2 rings (SSSR count). The third kappa shape index (κ3) is 3.41. The normalized spacial score (nSPS) is 11.0. The molecular formula is C15H22N4S. The van der Waals surface area contributed by atoms with Crippen LogP contribution in [0.25, 0.3) is 0 Å². The van der Waals surface area contributed by atoms with Crippen LogP contribution in [0.1, 0.15) is 35.9 Å². The molecule has 0 fully saturated rings. The third-order valence-electron chi connectivity index (χ3n) is 3.28. The molecule has 0 saturated heterocycles. The topological polar surface area (TPSA) is 56.7 Å². The molecule has 1 aromatic carbocycles. The number of aryl methyl sites for hydroxylation is 2. The molecule has 0 atom stereocenters. The molecule has 4 nitrogen and oxygen atoms in total. The van der Waals surface area contributed by atoms with Crippen LogP contribution in [-0.4, -0.2) is 14.8 Å². The van der Waals surface area contributed by atoms with Crippen molar-refractivity contribution < 1.29 is 0 Å². The first kappa shape index (κ1) is 15.1. The van der Waals surface area contributed by atoms with Crippen molar-refractivity contribution in [2.75, 3.05) is 0 Å². The third-order valence-corrected chi connectivity index (χ3v) is 4.30. The lowest BCUT2D eigenvalue weighted by Gasteiger charge is -2.09. The van der Waals surface area contributed by atoms with Gasteiger partial charge in [0, 0.05) is 12.3 Å². The zero-order valence-electron chi connectivity index (χ0n) is 12.4. The molecule has 0 aliphatic rings. The van der Waals surface area contributed by atoms with Crippen molar-refractivity contribution in [2.45, 2.75) is 51.2 Å². The first-order valence-electron chi connectivity index (χ1n) is 6.96. The minimum atomic E-state index is 0.442. The summed E-state index contributed by atoms with van der Waals surface area (Å²) in [5.41, 5.74) is 9.69. The molecule has 0 saturated carbocycles. The lowest BCUT2D eigenvalue weighted by Crippen LogP contribution is -2.09. The van der Waals surface area contributed by atoms with Crippen LogP contribution in [0.2, 0.25) is 0 Å². The van der Waals surface area contributed by atoms with E-state index in [1.807, 2.05) is 0 Å². The molecule has 0 spiro atoms. The Morgan fingerprint density at radius 3 is 2.75 bits per heavy atom. The zero-order valence-corrected chi connectivity index (χ0v) is 13.2. The quantitative estimate of drug-likeness (QED) is 0.831. The van der Waals surface area contributed by atoms with Crippen LogP contribution in [0.3, 0.4) is 0 Å². The molecular weight excluding hydrogens is 268 g/mol. The van der Waals surface area contributed by atoms with Gasteiger partial charge in [0.25, 0.3) is 0 Å². The maximum Gasteiger partial charge on any atom is 0.191 e. The van der Waals surface area contributed by atoms with E-state index in [2.05, 4.69) is 53.7 Å². The molecule has 2 aromatic rings. The summed E-state index contributed by atoms with van der Waals surface area (Å²) < 4.78 is 2.13. The van der Waals surface area contributed by atoms with Gasteiger partial charge in [0.1, 0.15) is 5.82 Å². The minimum absolute atomic E-state index is 0.442. The average Bonchev–Trinajstić information content (AvgIpc) is 2.82. The standard InChI is InChI=1S/C15H22N4S/c1-4-7-19-14(9-16)17-18-15(19)20-10-13-8-11(2)5-6-12(13)3/h5-6,8H,4,7,9-10,16H2,1-3H3. The molecule has 2 N–H and O–H groups in total. The van der Waals surface area contributed by atoms with Crippen LogP contribution in [-0.2, 0) is 18.8 Å². The molecule has 0 amide bonds. The monoisotopic (exact) mass is 290 g/mol. The van der Waals surface area contributed by atoms with Gasteiger partial charge in [0.15, 0.2) is 5.16 Å². The Kier molecular flexibility index (Phi) is 5.20. The van der Waals surface area contributed by atoms with Gasteiger partial charge in [-0.05, 0) is 31.4 Å². The van der Waals surface area contributed by atoms with E-state index in [-0.39, 0.29) is 0 Å². The van der Waals surface area contributed by atoms with Crippen LogP contribution < -0.4 is 5.73 Å². The Morgan fingerprint density at radius 2 is 2.05 bits per heavy atom. The lowest BCUT2D eigenvalue weighted by atomic mass is 10.1. The van der Waals surface area contributed by atoms with Gasteiger partial charge in [-0.25, -0.2) is 0 Å². The van der Waals surface area contributed by atoms with Gasteiger partial charge in [0.05, 0.1) is 6.54 Å². The highest BCUT2D eigenvalue weighted by Crippen LogP contribution is 2.24. The fraction of sp³-hybridized carbons (Fsp3) is 0.467. The van der Waals surface area contributed by atoms with Crippen molar-refractivity contribution in [3.8, 4) is 0 Å². The minimum Gasteiger partial charge on any atom is -0.324 e. The van der Waals surface area contributed by atoms with Gasteiger partial charge < -0.3 is 10.3 Å². The Morgan fingerprint density at radius 1 is 1.25 bits per heavy atom. The zero-order chi connectivity index (χ0) is 14.5. The Balaban J connectivity index is 2.14. The van der Waals surface area contributed by atoms with Crippen molar-refractivity contribution in [3.05, 3.63) is 40.7 Å². The summed E-state index contributed by atoms with van der Waals surface area (Å²) in [7, 11) is 0. The predicted octanol–water partition coefficient (Wildman–Crippen LogP) is 3.06. The molecule has 0 radical (unpaired) electrons. The lowest BCUT2D eigenvalue weighted by molar-refractivity contribution is 0.592. The molecule has 0 aliphatic heterocycles. The summed E-state index contributed by atoms with van der Waals surface area (Å²) >= 11 is 1.73. The summed E-state index contributed by atoms with van der Waals surface area (Å²) in [6.45, 7) is 7.79. The van der Waals surface area contributed by atoms with E-state index in [0.717, 1.165) is 29.7 Å². The van der Waals surface area contributed by atoms with E-state index in [1.165, 1.54) is 16.7 Å². The fourth-order valence-corrected chi connectivity index (χ4v) is 3.17. The fourth-order valence-electron chi connectivity index (χ4n) is 2.12. The number of hydrogen-bond acceptors (Lipinski definition) is 4. The van der Waals surface area contributed by atoms with Gasteiger partial charge in [-0.15, -0.1) is 10.2 Å². The molecule has 0 aliphatic carbocycles. The Bertz CT molecular complexity index is 577. The highest BCUT2D eigenvalue weighted by molar-refractivity contribution is 7.98. The van der Waals surface area contributed by atoms with E-state index in [0.29, 0.717) is 6.54 Å². The van der Waals surface area contributed by atoms with Gasteiger partial charge >= 0.3 is 0 Å². The predicted molar refractivity (Wildman–Crippen MR) is 83.7 cm³/mol. The summed E-state index contributed by atoms with van der Waals surface area (Å²) in [6.07, 6.45) is 1.06. The van der Waals surface area contributed by atoms with E-state index >= 15 is 0 Å². The number of hydrogen-bond donors (Lipinski definition) is 1. The average molecular weight is 290 g/mol. The highest BCUT2D eigenvalue weighted by Gasteiger charge is 2.11. The van der Waals surface area contributed by atoms with Crippen molar-refractivity contribution in [1.29, 1.82) is 0 Å². The van der Waals surface area contributed by atoms with E-state index < -0.39 is 0 Å². The molecule has 1 aromatic heterocycles. The van der Waals surface area contributed by atoms with Crippen LogP contribution in [0.4, 0.5) is 0 Å². The molecule has 5 heteroatoms. The van der Waals surface area contributed by atoms with Crippen LogP contribution in [0.15, 0.2) is 23.4 Å². The maximum absolute atomic E-state index is 5.71. The number of thioether (sulfide) groups is 1. The smallest absolute Gasteiger partial charge is 0.191 e. The number of nitrogens with zero attached hydrogens (tertiary/aromatic N) is 3. The van der Waals surface area contributed by atoms with Crippen LogP contribution in [0.5, 0.6) is 0 Å². The van der Waals surface area contributed by atoms with Gasteiger partial charge in [0.2, 0.25) is 0 Å². The maximum atomic E-state index is 5.71. The largest absolute Gasteiger partial charge is 0.324 e. The van der Waals surface area contributed by atoms with Crippen molar-refractivity contribution in [3.63, 3.8) is 0 Å². The Labute approximate surface area is 124 Å². The second-order valence-electron chi connectivity index (χ2n) is 4.97. The number of rotatable bonds is 6. The second-order valence-corrected chi connectivity index (χ2v) is 5.92.